The molecule has 100 valence electrons. The number of rotatable bonds is 3. The quantitative estimate of drug-likeness (QED) is 0.918. The van der Waals surface area contributed by atoms with Gasteiger partial charge < -0.3 is 19.3 Å². The third-order valence-electron chi connectivity index (χ3n) is 3.06. The lowest BCUT2D eigenvalue weighted by Crippen LogP contribution is -2.24. The predicted octanol–water partition coefficient (Wildman–Crippen LogP) is 2.39. The first kappa shape index (κ1) is 13.3. The predicted molar refractivity (Wildman–Crippen MR) is 69.1 cm³/mol. The number of fused-ring (bicyclic) bond motifs is 1. The van der Waals surface area contributed by atoms with Gasteiger partial charge in [-0.2, -0.15) is 0 Å². The number of ether oxygens (including phenoxy) is 3. The molecule has 4 nitrogen and oxygen atoms in total. The van der Waals surface area contributed by atoms with Crippen LogP contribution in [0.3, 0.4) is 0 Å². The molecule has 0 unspecified atom stereocenters. The Bertz CT molecular complexity index is 457. The van der Waals surface area contributed by atoms with Crippen molar-refractivity contribution < 1.29 is 19.3 Å². The van der Waals surface area contributed by atoms with Gasteiger partial charge in [-0.1, -0.05) is 25.4 Å². The summed E-state index contributed by atoms with van der Waals surface area (Å²) in [5, 5.41) is 9.89. The number of methoxy groups -OCH3 is 1. The van der Waals surface area contributed by atoms with Gasteiger partial charge in [-0.05, 0) is 6.07 Å². The van der Waals surface area contributed by atoms with Gasteiger partial charge in [0.2, 0.25) is 0 Å². The van der Waals surface area contributed by atoms with Gasteiger partial charge in [0.1, 0.15) is 24.0 Å². The highest BCUT2D eigenvalue weighted by Crippen LogP contribution is 2.48. The fraction of sp³-hybridized carbons (Fsp3) is 0.538. The molecule has 1 N–H and O–H groups in total. The van der Waals surface area contributed by atoms with E-state index in [0.717, 1.165) is 5.56 Å². The summed E-state index contributed by atoms with van der Waals surface area (Å²) in [6.45, 7) is 4.78. The van der Waals surface area contributed by atoms with E-state index in [9.17, 15) is 5.11 Å². The standard InChI is InChI=1S/C13H17ClO4/c1-13(2,7-15)8-6-9-12(18-5-4-17-9)10(14)11(8)16-3/h6,15H,4-5,7H2,1-3H3. The van der Waals surface area contributed by atoms with Gasteiger partial charge in [0, 0.05) is 11.0 Å². The van der Waals surface area contributed by atoms with Crippen LogP contribution in [-0.4, -0.2) is 32.0 Å². The lowest BCUT2D eigenvalue weighted by Gasteiger charge is -2.28. The van der Waals surface area contributed by atoms with Gasteiger partial charge in [0.05, 0.1) is 13.7 Å². The zero-order chi connectivity index (χ0) is 13.3. The molecular weight excluding hydrogens is 256 g/mol. The third-order valence-corrected chi connectivity index (χ3v) is 3.40. The Morgan fingerprint density at radius 1 is 1.39 bits per heavy atom. The van der Waals surface area contributed by atoms with Crippen molar-refractivity contribution >= 4 is 11.6 Å². The monoisotopic (exact) mass is 272 g/mol. The first-order chi connectivity index (χ1) is 8.51. The highest BCUT2D eigenvalue weighted by Gasteiger charge is 2.30. The molecule has 0 aromatic heterocycles. The van der Waals surface area contributed by atoms with E-state index in [2.05, 4.69) is 0 Å². The molecule has 0 amide bonds. The van der Waals surface area contributed by atoms with E-state index in [1.165, 1.54) is 0 Å². The molecule has 1 aromatic rings. The van der Waals surface area contributed by atoms with Gasteiger partial charge in [-0.3, -0.25) is 0 Å². The summed E-state index contributed by atoms with van der Waals surface area (Å²) >= 11 is 6.28. The first-order valence-electron chi connectivity index (χ1n) is 5.78. The van der Waals surface area contributed by atoms with E-state index < -0.39 is 5.41 Å². The normalized spacial score (nSPS) is 14.5. The van der Waals surface area contributed by atoms with E-state index in [1.807, 2.05) is 19.9 Å². The van der Waals surface area contributed by atoms with Gasteiger partial charge in [0.25, 0.3) is 0 Å². The Balaban J connectivity index is 2.63. The van der Waals surface area contributed by atoms with Crippen molar-refractivity contribution in [2.75, 3.05) is 26.9 Å². The minimum absolute atomic E-state index is 0.0146. The lowest BCUT2D eigenvalue weighted by atomic mass is 9.84. The van der Waals surface area contributed by atoms with Crippen molar-refractivity contribution in [2.45, 2.75) is 19.3 Å². The van der Waals surface area contributed by atoms with Gasteiger partial charge in [-0.15, -0.1) is 0 Å². The smallest absolute Gasteiger partial charge is 0.183 e. The van der Waals surface area contributed by atoms with Crippen LogP contribution in [0.1, 0.15) is 19.4 Å². The molecule has 18 heavy (non-hydrogen) atoms. The fourth-order valence-electron chi connectivity index (χ4n) is 1.92. The van der Waals surface area contributed by atoms with E-state index >= 15 is 0 Å². The van der Waals surface area contributed by atoms with Crippen LogP contribution < -0.4 is 14.2 Å². The Kier molecular flexibility index (Phi) is 3.59. The van der Waals surface area contributed by atoms with Crippen molar-refractivity contribution in [3.8, 4) is 17.2 Å². The maximum Gasteiger partial charge on any atom is 0.183 e. The van der Waals surface area contributed by atoms with Crippen molar-refractivity contribution in [2.24, 2.45) is 0 Å². The molecule has 0 spiro atoms. The zero-order valence-electron chi connectivity index (χ0n) is 10.7. The summed E-state index contributed by atoms with van der Waals surface area (Å²) in [5.41, 5.74) is 0.340. The maximum absolute atomic E-state index is 9.49. The van der Waals surface area contributed by atoms with Gasteiger partial charge in [-0.25, -0.2) is 0 Å². The summed E-state index contributed by atoms with van der Waals surface area (Å²) in [7, 11) is 1.55. The van der Waals surface area contributed by atoms with E-state index in [1.54, 1.807) is 7.11 Å². The first-order valence-corrected chi connectivity index (χ1v) is 6.16. The Morgan fingerprint density at radius 3 is 2.67 bits per heavy atom. The second-order valence-electron chi connectivity index (χ2n) is 4.84. The van der Waals surface area contributed by atoms with Crippen molar-refractivity contribution in [1.29, 1.82) is 0 Å². The van der Waals surface area contributed by atoms with Crippen molar-refractivity contribution in [3.05, 3.63) is 16.7 Å². The van der Waals surface area contributed by atoms with E-state index in [-0.39, 0.29) is 6.61 Å². The summed E-state index contributed by atoms with van der Waals surface area (Å²) in [6.07, 6.45) is 0. The molecule has 2 rings (SSSR count). The SMILES string of the molecule is COc1c(C(C)(C)CO)cc2c(c1Cl)OCCO2. The van der Waals surface area contributed by atoms with Crippen LogP contribution in [0.2, 0.25) is 5.02 Å². The zero-order valence-corrected chi connectivity index (χ0v) is 11.5. The van der Waals surface area contributed by atoms with E-state index in [4.69, 9.17) is 25.8 Å². The average Bonchev–Trinajstić information content (AvgIpc) is 2.38. The number of hydrogen-bond donors (Lipinski definition) is 1. The van der Waals surface area contributed by atoms with Gasteiger partial charge in [0.15, 0.2) is 11.5 Å². The Hall–Kier alpha value is -1.13. The van der Waals surface area contributed by atoms with Crippen LogP contribution in [-0.2, 0) is 5.41 Å². The number of hydrogen-bond acceptors (Lipinski definition) is 4. The van der Waals surface area contributed by atoms with Crippen LogP contribution in [0, 0.1) is 0 Å². The molecule has 5 heteroatoms. The molecular formula is C13H17ClO4. The molecule has 1 aliphatic heterocycles. The van der Waals surface area contributed by atoms with E-state index in [0.29, 0.717) is 35.5 Å². The molecule has 1 aromatic carbocycles. The molecule has 0 aliphatic carbocycles. The summed E-state index contributed by atoms with van der Waals surface area (Å²) in [4.78, 5) is 0. The summed E-state index contributed by atoms with van der Waals surface area (Å²) < 4.78 is 16.4. The van der Waals surface area contributed by atoms with Crippen LogP contribution >= 0.6 is 11.6 Å². The number of halogens is 1. The van der Waals surface area contributed by atoms with Crippen LogP contribution in [0.25, 0.3) is 0 Å². The number of aliphatic hydroxyl groups excluding tert-OH is 1. The Morgan fingerprint density at radius 2 is 2.06 bits per heavy atom. The third kappa shape index (κ3) is 2.10. The summed E-state index contributed by atoms with van der Waals surface area (Å²) in [5.74, 6) is 1.64. The topological polar surface area (TPSA) is 47.9 Å². The molecule has 0 fully saturated rings. The molecule has 1 aliphatic rings. The van der Waals surface area contributed by atoms with Crippen molar-refractivity contribution in [3.63, 3.8) is 0 Å². The highest BCUT2D eigenvalue weighted by molar-refractivity contribution is 6.34. The molecule has 1 heterocycles. The largest absolute Gasteiger partial charge is 0.495 e. The lowest BCUT2D eigenvalue weighted by molar-refractivity contribution is 0.169. The molecule has 0 saturated heterocycles. The molecule has 0 atom stereocenters. The minimum Gasteiger partial charge on any atom is -0.495 e. The minimum atomic E-state index is -0.467. The number of benzene rings is 1. The second kappa shape index (κ2) is 4.86. The molecule has 0 bridgehead atoms. The molecule has 0 radical (unpaired) electrons. The fourth-order valence-corrected chi connectivity index (χ4v) is 2.24. The average molecular weight is 273 g/mol. The van der Waals surface area contributed by atoms with Crippen LogP contribution in [0.15, 0.2) is 6.07 Å². The molecule has 0 saturated carbocycles. The van der Waals surface area contributed by atoms with Crippen LogP contribution in [0.4, 0.5) is 0 Å². The number of aliphatic hydroxyl groups is 1. The highest BCUT2D eigenvalue weighted by atomic mass is 35.5. The van der Waals surface area contributed by atoms with Crippen LogP contribution in [0.5, 0.6) is 17.2 Å². The second-order valence-corrected chi connectivity index (χ2v) is 5.22. The van der Waals surface area contributed by atoms with Crippen molar-refractivity contribution in [1.82, 2.24) is 0 Å². The summed E-state index contributed by atoms with van der Waals surface area (Å²) in [6, 6.07) is 1.83. The Labute approximate surface area is 111 Å². The van der Waals surface area contributed by atoms with Gasteiger partial charge >= 0.3 is 0 Å². The maximum atomic E-state index is 9.49.